The van der Waals surface area contributed by atoms with Crippen LogP contribution in [0.3, 0.4) is 0 Å². The van der Waals surface area contributed by atoms with Gasteiger partial charge < -0.3 is 39.3 Å². The Kier molecular flexibility index (Phi) is 12.0. The second kappa shape index (κ2) is 14.0. The Hall–Kier alpha value is -3.54. The van der Waals surface area contributed by atoms with E-state index in [9.17, 15) is 24.3 Å². The third kappa shape index (κ3) is 13.2. The predicted molar refractivity (Wildman–Crippen MR) is 140 cm³/mol. The number of hydrogen-bond donors (Lipinski definition) is 2. The number of carbonyl (C=O) groups excluding carboxylic acids is 3. The fraction of sp³-hybridized carbons (Fsp3) is 0.630. The smallest absolute Gasteiger partial charge is 0.480 e. The third-order valence-electron chi connectivity index (χ3n) is 4.79. The second-order valence-electron chi connectivity index (χ2n) is 11.1. The Balaban J connectivity index is 3.18. The molecule has 0 aliphatic rings. The number of aliphatic carboxylic acids is 1. The lowest BCUT2D eigenvalue weighted by Gasteiger charge is -2.28. The van der Waals surface area contributed by atoms with Crippen molar-refractivity contribution in [3.05, 3.63) is 23.8 Å². The first-order chi connectivity index (χ1) is 17.8. The Bertz CT molecular complexity index is 1010. The van der Waals surface area contributed by atoms with Crippen molar-refractivity contribution in [1.82, 2.24) is 0 Å². The van der Waals surface area contributed by atoms with E-state index in [-0.39, 0.29) is 30.9 Å². The highest BCUT2D eigenvalue weighted by molar-refractivity contribution is 5.79. The van der Waals surface area contributed by atoms with Gasteiger partial charge in [-0.25, -0.2) is 14.4 Å². The van der Waals surface area contributed by atoms with Crippen LogP contribution in [0.4, 0.5) is 14.4 Å². The first-order valence-corrected chi connectivity index (χ1v) is 12.6. The van der Waals surface area contributed by atoms with Gasteiger partial charge >= 0.3 is 24.4 Å². The minimum Gasteiger partial charge on any atom is -0.480 e. The number of ether oxygens (including phenoxy) is 6. The van der Waals surface area contributed by atoms with E-state index in [2.05, 4.69) is 0 Å². The van der Waals surface area contributed by atoms with Gasteiger partial charge in [0.1, 0.15) is 22.8 Å². The summed E-state index contributed by atoms with van der Waals surface area (Å²) in [6, 6.07) is 4.07. The summed E-state index contributed by atoms with van der Waals surface area (Å²) >= 11 is 0. The largest absolute Gasteiger partial charge is 0.514 e. The molecule has 0 fully saturated rings. The molecule has 0 heterocycles. The van der Waals surface area contributed by atoms with Gasteiger partial charge in [-0.15, -0.1) is 0 Å². The molecular formula is C27H41NO11. The summed E-state index contributed by atoms with van der Waals surface area (Å²) in [5.41, 5.74) is 2.96. The van der Waals surface area contributed by atoms with Gasteiger partial charge in [-0.3, -0.25) is 4.79 Å². The van der Waals surface area contributed by atoms with E-state index < -0.39 is 47.3 Å². The monoisotopic (exact) mass is 555 g/mol. The van der Waals surface area contributed by atoms with E-state index in [4.69, 9.17) is 34.2 Å². The summed E-state index contributed by atoms with van der Waals surface area (Å²) in [4.78, 5) is 48.6. The van der Waals surface area contributed by atoms with Crippen LogP contribution >= 0.6 is 0 Å². The molecule has 0 bridgehead atoms. The van der Waals surface area contributed by atoms with E-state index >= 15 is 0 Å². The van der Waals surface area contributed by atoms with Gasteiger partial charge in [0.05, 0.1) is 6.61 Å². The lowest BCUT2D eigenvalue weighted by molar-refractivity contribution is -0.144. The molecular weight excluding hydrogens is 514 g/mol. The quantitative estimate of drug-likeness (QED) is 0.155. The van der Waals surface area contributed by atoms with Gasteiger partial charge in [0.15, 0.2) is 11.5 Å². The maximum absolute atomic E-state index is 12.3. The molecule has 0 amide bonds. The van der Waals surface area contributed by atoms with Crippen molar-refractivity contribution in [3.8, 4) is 11.5 Å². The second-order valence-corrected chi connectivity index (χ2v) is 11.1. The van der Waals surface area contributed by atoms with Gasteiger partial charge in [-0.1, -0.05) is 19.4 Å². The van der Waals surface area contributed by atoms with Gasteiger partial charge in [0.2, 0.25) is 0 Å². The van der Waals surface area contributed by atoms with Crippen LogP contribution in [0.25, 0.3) is 0 Å². The van der Waals surface area contributed by atoms with E-state index in [1.54, 1.807) is 41.5 Å². The van der Waals surface area contributed by atoms with Crippen molar-refractivity contribution in [3.63, 3.8) is 0 Å². The summed E-state index contributed by atoms with van der Waals surface area (Å²) in [6.07, 6.45) is -2.92. The topological polar surface area (TPSA) is 170 Å². The standard InChI is InChI=1S/C27H41NO11/c1-9-10-13-34-22(31)35-17(2)15-27(28,21(29)30)16-18-11-12-19(36-23(32)38-25(3,4)5)20(14-18)37-24(33)39-26(6,7)8/h11-12,14,17H,9-10,13,15-16,28H2,1-8H3,(H,29,30)/t17-,27?/m0/s1. The fourth-order valence-corrected chi connectivity index (χ4v) is 3.20. The van der Waals surface area contributed by atoms with Crippen LogP contribution in [0.1, 0.15) is 80.2 Å². The molecule has 0 aliphatic heterocycles. The molecule has 0 saturated carbocycles. The van der Waals surface area contributed by atoms with Crippen molar-refractivity contribution >= 4 is 24.4 Å². The zero-order valence-corrected chi connectivity index (χ0v) is 24.0. The molecule has 0 saturated heterocycles. The summed E-state index contributed by atoms with van der Waals surface area (Å²) < 4.78 is 30.9. The molecule has 12 nitrogen and oxygen atoms in total. The van der Waals surface area contributed by atoms with E-state index in [1.807, 2.05) is 6.92 Å². The summed E-state index contributed by atoms with van der Waals surface area (Å²) in [5, 5.41) is 9.89. The van der Waals surface area contributed by atoms with Gasteiger partial charge in [-0.2, -0.15) is 0 Å². The molecule has 1 rings (SSSR count). The van der Waals surface area contributed by atoms with Crippen LogP contribution in [0, 0.1) is 0 Å². The number of carboxylic acids is 1. The molecule has 12 heteroatoms. The van der Waals surface area contributed by atoms with Crippen molar-refractivity contribution in [2.75, 3.05) is 6.61 Å². The van der Waals surface area contributed by atoms with Gasteiger partial charge in [0.25, 0.3) is 0 Å². The zero-order valence-electron chi connectivity index (χ0n) is 24.0. The van der Waals surface area contributed by atoms with Crippen LogP contribution in [0.5, 0.6) is 11.5 Å². The van der Waals surface area contributed by atoms with E-state index in [0.717, 1.165) is 6.42 Å². The van der Waals surface area contributed by atoms with Crippen molar-refractivity contribution in [2.45, 2.75) is 104 Å². The summed E-state index contributed by atoms with van der Waals surface area (Å²) in [7, 11) is 0. The van der Waals surface area contributed by atoms with Crippen molar-refractivity contribution in [1.29, 1.82) is 0 Å². The number of benzene rings is 1. The molecule has 1 aromatic rings. The molecule has 220 valence electrons. The van der Waals surface area contributed by atoms with Crippen LogP contribution in [-0.2, 0) is 30.2 Å². The Morgan fingerprint density at radius 2 is 1.44 bits per heavy atom. The Morgan fingerprint density at radius 1 is 0.897 bits per heavy atom. The number of unbranched alkanes of at least 4 members (excludes halogenated alkanes) is 1. The molecule has 0 aliphatic carbocycles. The normalized spacial score (nSPS) is 13.9. The van der Waals surface area contributed by atoms with Crippen LogP contribution in [-0.4, -0.2) is 59.0 Å². The predicted octanol–water partition coefficient (Wildman–Crippen LogP) is 5.37. The van der Waals surface area contributed by atoms with Crippen LogP contribution in [0.2, 0.25) is 0 Å². The number of carbonyl (C=O) groups is 4. The van der Waals surface area contributed by atoms with Crippen LogP contribution < -0.4 is 15.2 Å². The molecule has 0 spiro atoms. The average Bonchev–Trinajstić information content (AvgIpc) is 2.72. The average molecular weight is 556 g/mol. The molecule has 1 unspecified atom stereocenters. The zero-order chi connectivity index (χ0) is 30.0. The minimum absolute atomic E-state index is 0.164. The highest BCUT2D eigenvalue weighted by Gasteiger charge is 2.37. The molecule has 0 aromatic heterocycles. The van der Waals surface area contributed by atoms with Gasteiger partial charge in [-0.05, 0) is 72.6 Å². The van der Waals surface area contributed by atoms with Crippen LogP contribution in [0.15, 0.2) is 18.2 Å². The number of nitrogens with two attached hydrogens (primary N) is 1. The molecule has 2 atom stereocenters. The van der Waals surface area contributed by atoms with E-state index in [0.29, 0.717) is 12.0 Å². The molecule has 1 aromatic carbocycles. The van der Waals surface area contributed by atoms with Crippen molar-refractivity contribution < 1.29 is 52.7 Å². The highest BCUT2D eigenvalue weighted by atomic mass is 16.8. The number of carboxylic acid groups (broad SMARTS) is 1. The lowest BCUT2D eigenvalue weighted by Crippen LogP contribution is -2.52. The number of rotatable bonds is 11. The number of hydrogen-bond acceptors (Lipinski definition) is 11. The Labute approximate surface area is 229 Å². The van der Waals surface area contributed by atoms with Crippen molar-refractivity contribution in [2.24, 2.45) is 5.73 Å². The highest BCUT2D eigenvalue weighted by Crippen LogP contribution is 2.32. The SMILES string of the molecule is CCCCOC(=O)O[C@@H](C)CC(N)(Cc1ccc(OC(=O)OC(C)(C)C)c(OC(=O)OC(C)(C)C)c1)C(=O)O. The first-order valence-electron chi connectivity index (χ1n) is 12.6. The minimum atomic E-state index is -1.88. The lowest BCUT2D eigenvalue weighted by atomic mass is 9.86. The third-order valence-corrected chi connectivity index (χ3v) is 4.79. The summed E-state index contributed by atoms with van der Waals surface area (Å²) in [6.45, 7) is 13.5. The maximum Gasteiger partial charge on any atom is 0.514 e. The maximum atomic E-state index is 12.3. The summed E-state index contributed by atoms with van der Waals surface area (Å²) in [5.74, 6) is -1.73. The van der Waals surface area contributed by atoms with Gasteiger partial charge in [0, 0.05) is 12.8 Å². The Morgan fingerprint density at radius 3 is 1.92 bits per heavy atom. The molecule has 3 N–H and O–H groups in total. The fourth-order valence-electron chi connectivity index (χ4n) is 3.20. The molecule has 39 heavy (non-hydrogen) atoms. The molecule has 0 radical (unpaired) electrons. The van der Waals surface area contributed by atoms with E-state index in [1.165, 1.54) is 25.1 Å². The first kappa shape index (κ1) is 33.5.